The second kappa shape index (κ2) is 3.14. The summed E-state index contributed by atoms with van der Waals surface area (Å²) >= 11 is 0. The second-order valence-electron chi connectivity index (χ2n) is 2.19. The molecule has 0 aromatic carbocycles. The van der Waals surface area contributed by atoms with Crippen LogP contribution in [0.15, 0.2) is 0 Å². The van der Waals surface area contributed by atoms with Crippen molar-refractivity contribution in [2.24, 2.45) is 0 Å². The topological polar surface area (TPSA) is 12.9 Å². The number of nitrogens with zero attached hydrogens (tertiary/aromatic N) is 1. The van der Waals surface area contributed by atoms with Gasteiger partial charge in [0.2, 0.25) is 0 Å². The van der Waals surface area contributed by atoms with Crippen LogP contribution in [0.5, 0.6) is 0 Å². The number of halogens is 6. The highest BCUT2D eigenvalue weighted by Crippen LogP contribution is 2.31. The molecule has 0 saturated carbocycles. The Balaban J connectivity index is 3.02. The number of aromatic nitrogens is 1. The van der Waals surface area contributed by atoms with E-state index in [-0.39, 0.29) is 0 Å². The van der Waals surface area contributed by atoms with Crippen LogP contribution in [0, 0.1) is 18.3 Å². The van der Waals surface area contributed by atoms with E-state index in [2.05, 4.69) is 4.98 Å². The van der Waals surface area contributed by atoms with Crippen LogP contribution in [0.4, 0.5) is 26.3 Å². The van der Waals surface area contributed by atoms with Gasteiger partial charge < -0.3 is 0 Å². The van der Waals surface area contributed by atoms with Gasteiger partial charge in [-0.15, -0.1) is 0 Å². The van der Waals surface area contributed by atoms with Crippen LogP contribution in [-0.4, -0.2) is 4.98 Å². The van der Waals surface area contributed by atoms with E-state index < -0.39 is 23.6 Å². The monoisotopic (exact) mass is 212 g/mol. The minimum atomic E-state index is -4.84. The molecule has 0 aliphatic carbocycles. The van der Waals surface area contributed by atoms with Crippen LogP contribution in [-0.2, 0) is 12.4 Å². The summed E-state index contributed by atoms with van der Waals surface area (Å²) in [4.78, 5) is 2.46. The summed E-state index contributed by atoms with van der Waals surface area (Å²) < 4.78 is 70.8. The molecule has 7 heteroatoms. The fourth-order valence-corrected chi connectivity index (χ4v) is 0.558. The van der Waals surface area contributed by atoms with E-state index in [9.17, 15) is 26.3 Å². The van der Waals surface area contributed by atoms with E-state index in [4.69, 9.17) is 0 Å². The quantitative estimate of drug-likeness (QED) is 0.602. The maximum Gasteiger partial charge on any atom is 0.434 e. The van der Waals surface area contributed by atoms with E-state index in [0.717, 1.165) is 0 Å². The number of rotatable bonds is 0. The molecule has 0 amide bonds. The molecule has 0 aliphatic heterocycles. The third-order valence-corrected chi connectivity index (χ3v) is 1.14. The Bertz CT molecular complexity index is 275. The molecule has 1 aromatic heterocycles. The van der Waals surface area contributed by atoms with Crippen LogP contribution in [0.3, 0.4) is 0 Å². The van der Waals surface area contributed by atoms with E-state index in [0.29, 0.717) is 0 Å². The predicted molar refractivity (Wildman–Crippen MR) is 30.7 cm³/mol. The van der Waals surface area contributed by atoms with E-state index in [1.807, 2.05) is 0 Å². The largest absolute Gasteiger partial charge is 0.434 e. The minimum Gasteiger partial charge on any atom is -0.240 e. The van der Waals surface area contributed by atoms with Crippen LogP contribution in [0.25, 0.3) is 0 Å². The summed E-state index contributed by atoms with van der Waals surface area (Å²) in [5.74, 6) is 0. The molecule has 1 aromatic rings. The van der Waals surface area contributed by atoms with Gasteiger partial charge in [0, 0.05) is 12.1 Å². The van der Waals surface area contributed by atoms with Gasteiger partial charge in [-0.2, -0.15) is 26.3 Å². The lowest BCUT2D eigenvalue weighted by Gasteiger charge is -2.07. The van der Waals surface area contributed by atoms with Gasteiger partial charge in [-0.3, -0.25) is 0 Å². The molecule has 0 saturated heterocycles. The Morgan fingerprint density at radius 1 is 0.857 bits per heavy atom. The van der Waals surface area contributed by atoms with Crippen molar-refractivity contribution < 1.29 is 26.3 Å². The van der Waals surface area contributed by atoms with Gasteiger partial charge in [-0.25, -0.2) is 4.98 Å². The van der Waals surface area contributed by atoms with Crippen LogP contribution < -0.4 is 0 Å². The van der Waals surface area contributed by atoms with Crippen LogP contribution >= 0.6 is 0 Å². The van der Waals surface area contributed by atoms with E-state index >= 15 is 0 Å². The summed E-state index contributed by atoms with van der Waals surface area (Å²) in [5, 5.41) is 0. The zero-order valence-corrected chi connectivity index (χ0v) is 6.22. The lowest BCUT2D eigenvalue weighted by atomic mass is 10.2. The van der Waals surface area contributed by atoms with Crippen LogP contribution in [0.2, 0.25) is 0 Å². The first-order chi connectivity index (χ1) is 6.21. The first kappa shape index (κ1) is 10.8. The maximum atomic E-state index is 11.8. The summed E-state index contributed by atoms with van der Waals surface area (Å²) in [6, 6.07) is 2.57. The highest BCUT2D eigenvalue weighted by atomic mass is 19.4. The molecule has 1 rings (SSSR count). The smallest absolute Gasteiger partial charge is 0.240 e. The van der Waals surface area contributed by atoms with Crippen molar-refractivity contribution in [3.8, 4) is 0 Å². The summed E-state index contributed by atoms with van der Waals surface area (Å²) in [7, 11) is 0. The van der Waals surface area contributed by atoms with Crippen LogP contribution in [0.1, 0.15) is 11.3 Å². The third kappa shape index (κ3) is 2.36. The van der Waals surface area contributed by atoms with Gasteiger partial charge in [0.1, 0.15) is 6.20 Å². The molecule has 75 valence electrons. The summed E-state index contributed by atoms with van der Waals surface area (Å²) in [5.41, 5.74) is -3.09. The first-order valence-corrected chi connectivity index (χ1v) is 3.08. The van der Waals surface area contributed by atoms with Gasteiger partial charge >= 0.3 is 12.4 Å². The highest BCUT2D eigenvalue weighted by Gasteiger charge is 2.36. The first-order valence-electron chi connectivity index (χ1n) is 3.08. The van der Waals surface area contributed by atoms with Crippen molar-refractivity contribution in [2.45, 2.75) is 12.4 Å². The Kier molecular flexibility index (Phi) is 2.43. The molecule has 0 bridgehead atoms. The van der Waals surface area contributed by atoms with Crippen molar-refractivity contribution >= 4 is 0 Å². The Morgan fingerprint density at radius 2 is 1.43 bits per heavy atom. The third-order valence-electron chi connectivity index (χ3n) is 1.14. The van der Waals surface area contributed by atoms with Crippen molar-refractivity contribution in [3.05, 3.63) is 29.6 Å². The SMILES string of the molecule is FC(F)(F)c1[c][c]c(C(F)(F)F)n[c]1. The Morgan fingerprint density at radius 3 is 1.71 bits per heavy atom. The Labute approximate surface area is 74.4 Å². The lowest BCUT2D eigenvalue weighted by Crippen LogP contribution is -2.12. The number of alkyl halides is 6. The molecule has 0 N–H and O–H groups in total. The van der Waals surface area contributed by atoms with Gasteiger partial charge in [0.15, 0.2) is 5.69 Å². The predicted octanol–water partition coefficient (Wildman–Crippen LogP) is 2.52. The number of hydrogen-bond acceptors (Lipinski definition) is 1. The van der Waals surface area contributed by atoms with E-state index in [1.54, 1.807) is 0 Å². The fraction of sp³-hybridized carbons (Fsp3) is 0.286. The second-order valence-corrected chi connectivity index (χ2v) is 2.19. The molecule has 0 unspecified atom stereocenters. The standard InChI is InChI=1S/C7F6N/c8-6(9,10)4-1-2-5(14-3-4)7(11,12)13. The van der Waals surface area contributed by atoms with Crippen molar-refractivity contribution in [1.29, 1.82) is 0 Å². The lowest BCUT2D eigenvalue weighted by molar-refractivity contribution is -0.145. The van der Waals surface area contributed by atoms with Gasteiger partial charge in [0.25, 0.3) is 0 Å². The number of pyridine rings is 1. The molecule has 0 fully saturated rings. The molecule has 3 radical (unpaired) electrons. The van der Waals surface area contributed by atoms with Gasteiger partial charge in [-0.05, 0) is 0 Å². The highest BCUT2D eigenvalue weighted by molar-refractivity contribution is 5.14. The summed E-state index contributed by atoms with van der Waals surface area (Å²) in [6.07, 6.45) is -8.45. The molecule has 0 atom stereocenters. The van der Waals surface area contributed by atoms with Crippen molar-refractivity contribution in [2.75, 3.05) is 0 Å². The molecule has 1 heterocycles. The molecular formula is C7F6N. The molecule has 0 aliphatic rings. The minimum absolute atomic E-state index is 1.20. The average molecular weight is 212 g/mol. The zero-order chi connectivity index (χ0) is 11.0. The number of hydrogen-bond donors (Lipinski definition) is 0. The maximum absolute atomic E-state index is 11.8. The molecule has 1 nitrogen and oxygen atoms in total. The molecular weight excluding hydrogens is 212 g/mol. The Hall–Kier alpha value is -1.27. The molecule has 0 spiro atoms. The zero-order valence-electron chi connectivity index (χ0n) is 6.22. The van der Waals surface area contributed by atoms with Crippen molar-refractivity contribution in [3.63, 3.8) is 0 Å². The van der Waals surface area contributed by atoms with Crippen molar-refractivity contribution in [1.82, 2.24) is 4.98 Å². The van der Waals surface area contributed by atoms with E-state index in [1.165, 1.54) is 18.3 Å². The van der Waals surface area contributed by atoms with Gasteiger partial charge in [0.05, 0.1) is 5.56 Å². The normalized spacial score (nSPS) is 13.0. The fourth-order valence-electron chi connectivity index (χ4n) is 0.558. The van der Waals surface area contributed by atoms with Gasteiger partial charge in [-0.1, -0.05) is 0 Å². The average Bonchev–Trinajstić information content (AvgIpc) is 2.01. The molecule has 14 heavy (non-hydrogen) atoms. The summed E-state index contributed by atoms with van der Waals surface area (Å²) in [6.45, 7) is 0.